The smallest absolute Gasteiger partial charge is 0.312 e. The fourth-order valence-corrected chi connectivity index (χ4v) is 3.18. The lowest BCUT2D eigenvalue weighted by molar-refractivity contribution is -0.137. The molecule has 134 valence electrons. The quantitative estimate of drug-likeness (QED) is 0.707. The number of rotatable bonds is 5. The molecule has 1 amide bonds. The fourth-order valence-electron chi connectivity index (χ4n) is 2.46. The maximum absolute atomic E-state index is 12.5. The number of hydrogen-bond donors (Lipinski definition) is 0. The van der Waals surface area contributed by atoms with Crippen molar-refractivity contribution in [3.05, 3.63) is 53.2 Å². The second kappa shape index (κ2) is 7.91. The van der Waals surface area contributed by atoms with Crippen LogP contribution in [0.1, 0.15) is 23.6 Å². The van der Waals surface area contributed by atoms with E-state index in [1.54, 1.807) is 4.90 Å². The number of aromatic nitrogens is 1. The maximum atomic E-state index is 12.5. The zero-order valence-electron chi connectivity index (χ0n) is 14.2. The van der Waals surface area contributed by atoms with Gasteiger partial charge < -0.3 is 4.90 Å². The van der Waals surface area contributed by atoms with Crippen molar-refractivity contribution in [3.8, 4) is 0 Å². The number of hydrogen-bond acceptors (Lipinski definition) is 3. The minimum Gasteiger partial charge on any atom is -0.312 e. The molecule has 0 fully saturated rings. The molecule has 3 nitrogen and oxygen atoms in total. The van der Waals surface area contributed by atoms with Crippen LogP contribution >= 0.6 is 11.8 Å². The topological polar surface area (TPSA) is 33.2 Å². The molecule has 0 bridgehead atoms. The minimum absolute atomic E-state index is 0.110. The highest BCUT2D eigenvalue weighted by Crippen LogP contribution is 2.29. The number of aryl methyl sites for hydroxylation is 2. The van der Waals surface area contributed by atoms with Crippen molar-refractivity contribution >= 4 is 23.4 Å². The van der Waals surface area contributed by atoms with Crippen LogP contribution in [0.25, 0.3) is 0 Å². The van der Waals surface area contributed by atoms with E-state index in [2.05, 4.69) is 4.98 Å². The van der Waals surface area contributed by atoms with E-state index in [1.165, 1.54) is 6.07 Å². The highest BCUT2D eigenvalue weighted by molar-refractivity contribution is 7.99. The molecule has 2 rings (SSSR count). The van der Waals surface area contributed by atoms with Crippen LogP contribution < -0.4 is 4.90 Å². The number of halogens is 3. The van der Waals surface area contributed by atoms with Gasteiger partial charge in [0.2, 0.25) is 5.91 Å². The van der Waals surface area contributed by atoms with Crippen molar-refractivity contribution in [2.45, 2.75) is 32.0 Å². The highest BCUT2D eigenvalue weighted by atomic mass is 32.2. The Bertz CT molecular complexity index is 725. The van der Waals surface area contributed by atoms with Crippen LogP contribution in [0.2, 0.25) is 0 Å². The Labute approximate surface area is 149 Å². The normalized spacial score (nSPS) is 11.4. The zero-order valence-corrected chi connectivity index (χ0v) is 15.0. The first-order valence-electron chi connectivity index (χ1n) is 7.75. The van der Waals surface area contributed by atoms with E-state index < -0.39 is 11.7 Å². The summed E-state index contributed by atoms with van der Waals surface area (Å²) in [7, 11) is 0. The summed E-state index contributed by atoms with van der Waals surface area (Å²) >= 11 is 1.12. The van der Waals surface area contributed by atoms with Gasteiger partial charge in [-0.1, -0.05) is 17.8 Å². The van der Waals surface area contributed by atoms with Gasteiger partial charge in [-0.05, 0) is 56.2 Å². The van der Waals surface area contributed by atoms with Gasteiger partial charge in [-0.25, -0.2) is 4.98 Å². The number of carbonyl (C=O) groups excluding carboxylic acids is 1. The molecule has 7 heteroatoms. The molecule has 2 aromatic rings. The summed E-state index contributed by atoms with van der Waals surface area (Å²) in [4.78, 5) is 17.9. The van der Waals surface area contributed by atoms with Crippen molar-refractivity contribution in [2.75, 3.05) is 17.2 Å². The van der Waals surface area contributed by atoms with Crippen molar-refractivity contribution in [2.24, 2.45) is 0 Å². The Kier molecular flexibility index (Phi) is 6.11. The Balaban J connectivity index is 2.05. The number of carbonyl (C=O) groups is 1. The molecular weight excluding hydrogens is 349 g/mol. The average Bonchev–Trinajstić information content (AvgIpc) is 2.52. The predicted octanol–water partition coefficient (Wildman–Crippen LogP) is 4.86. The molecule has 0 atom stereocenters. The number of amides is 1. The number of anilines is 1. The summed E-state index contributed by atoms with van der Waals surface area (Å²) in [5, 5.41) is 0.387. The molecule has 1 aromatic heterocycles. The molecule has 0 spiro atoms. The van der Waals surface area contributed by atoms with E-state index >= 15 is 0 Å². The van der Waals surface area contributed by atoms with Gasteiger partial charge in [-0.15, -0.1) is 0 Å². The molecule has 0 N–H and O–H groups in total. The van der Waals surface area contributed by atoms with E-state index in [4.69, 9.17) is 0 Å². The van der Waals surface area contributed by atoms with Gasteiger partial charge in [0.05, 0.1) is 16.3 Å². The first-order chi connectivity index (χ1) is 11.7. The lowest BCUT2D eigenvalue weighted by atomic mass is 10.1. The fraction of sp³-hybridized carbons (Fsp3) is 0.333. The van der Waals surface area contributed by atoms with Crippen LogP contribution in [-0.4, -0.2) is 23.2 Å². The summed E-state index contributed by atoms with van der Waals surface area (Å²) in [6, 6.07) is 8.17. The summed E-state index contributed by atoms with van der Waals surface area (Å²) in [6.07, 6.45) is -3.62. The molecule has 1 heterocycles. The lowest BCUT2D eigenvalue weighted by Gasteiger charge is -2.22. The summed E-state index contributed by atoms with van der Waals surface area (Å²) < 4.78 is 37.6. The summed E-state index contributed by atoms with van der Waals surface area (Å²) in [6.45, 7) is 6.34. The van der Waals surface area contributed by atoms with Crippen LogP contribution in [0.5, 0.6) is 0 Å². The minimum atomic E-state index is -4.41. The van der Waals surface area contributed by atoms with E-state index in [0.29, 0.717) is 11.6 Å². The molecule has 1 aromatic carbocycles. The van der Waals surface area contributed by atoms with Gasteiger partial charge in [-0.2, -0.15) is 13.2 Å². The van der Waals surface area contributed by atoms with Gasteiger partial charge >= 0.3 is 6.18 Å². The Morgan fingerprint density at radius 2 is 1.80 bits per heavy atom. The SMILES string of the molecule is CCN(C(=O)CSc1ccc(C(F)(F)F)cn1)c1cc(C)cc(C)c1. The van der Waals surface area contributed by atoms with Crippen LogP contribution in [0.4, 0.5) is 18.9 Å². The van der Waals surface area contributed by atoms with Crippen molar-refractivity contribution in [3.63, 3.8) is 0 Å². The van der Waals surface area contributed by atoms with Crippen molar-refractivity contribution in [1.82, 2.24) is 4.98 Å². The summed E-state index contributed by atoms with van der Waals surface area (Å²) in [5.74, 6) is -0.00154. The van der Waals surface area contributed by atoms with Crippen molar-refractivity contribution < 1.29 is 18.0 Å². The number of thioether (sulfide) groups is 1. The van der Waals surface area contributed by atoms with Gasteiger partial charge in [0, 0.05) is 18.4 Å². The second-order valence-corrected chi connectivity index (χ2v) is 6.65. The Morgan fingerprint density at radius 1 is 1.16 bits per heavy atom. The monoisotopic (exact) mass is 368 g/mol. The number of benzene rings is 1. The highest BCUT2D eigenvalue weighted by Gasteiger charge is 2.30. The van der Waals surface area contributed by atoms with Gasteiger partial charge in [0.1, 0.15) is 0 Å². The van der Waals surface area contributed by atoms with E-state index in [1.807, 2.05) is 39.0 Å². The lowest BCUT2D eigenvalue weighted by Crippen LogP contribution is -2.32. The summed E-state index contributed by atoms with van der Waals surface area (Å²) in [5.41, 5.74) is 2.16. The maximum Gasteiger partial charge on any atom is 0.417 e. The van der Waals surface area contributed by atoms with E-state index in [9.17, 15) is 18.0 Å². The first kappa shape index (κ1) is 19.3. The average molecular weight is 368 g/mol. The molecule has 0 aliphatic carbocycles. The molecule has 0 saturated carbocycles. The number of pyridine rings is 1. The van der Waals surface area contributed by atoms with Gasteiger partial charge in [0.15, 0.2) is 0 Å². The third kappa shape index (κ3) is 5.22. The number of alkyl halides is 3. The molecule has 0 radical (unpaired) electrons. The molecule has 0 unspecified atom stereocenters. The van der Waals surface area contributed by atoms with Crippen molar-refractivity contribution in [1.29, 1.82) is 0 Å². The van der Waals surface area contributed by atoms with E-state index in [-0.39, 0.29) is 11.7 Å². The van der Waals surface area contributed by atoms with Crippen LogP contribution in [0, 0.1) is 13.8 Å². The largest absolute Gasteiger partial charge is 0.417 e. The molecule has 0 saturated heterocycles. The van der Waals surface area contributed by atoms with Crippen LogP contribution in [0.3, 0.4) is 0 Å². The Hall–Kier alpha value is -2.02. The molecular formula is C18H19F3N2OS. The third-order valence-electron chi connectivity index (χ3n) is 3.54. The van der Waals surface area contributed by atoms with E-state index in [0.717, 1.165) is 40.8 Å². The number of nitrogens with zero attached hydrogens (tertiary/aromatic N) is 2. The third-order valence-corrected chi connectivity index (χ3v) is 4.47. The van der Waals surface area contributed by atoms with Gasteiger partial charge in [0.25, 0.3) is 0 Å². The van der Waals surface area contributed by atoms with Crippen LogP contribution in [0.15, 0.2) is 41.6 Å². The standard InChI is InChI=1S/C18H19F3N2OS/c1-4-23(15-8-12(2)7-13(3)9-15)17(24)11-25-16-6-5-14(10-22-16)18(19,20)21/h5-10H,4,11H2,1-3H3. The second-order valence-electron chi connectivity index (χ2n) is 5.66. The molecule has 25 heavy (non-hydrogen) atoms. The molecule has 0 aliphatic rings. The predicted molar refractivity (Wildman–Crippen MR) is 93.9 cm³/mol. The molecule has 0 aliphatic heterocycles. The first-order valence-corrected chi connectivity index (χ1v) is 8.74. The zero-order chi connectivity index (χ0) is 18.6. The van der Waals surface area contributed by atoms with Crippen LogP contribution in [-0.2, 0) is 11.0 Å². The van der Waals surface area contributed by atoms with Gasteiger partial charge in [-0.3, -0.25) is 4.79 Å². The Morgan fingerprint density at radius 3 is 2.28 bits per heavy atom.